The maximum atomic E-state index is 14.1. The standard InChI is InChI=1S/C17H14ClF3N2O5S2/c1-23(29(2,25)26)14-11(18)6-5-10(12(14)17(19,20)21)16-15(24)13-9(4-3-7-22-13)8-30(16,27)28/h3-7,24H,8H2,1-2H3. The Morgan fingerprint density at radius 3 is 2.43 bits per heavy atom. The topological polar surface area (TPSA) is 105 Å². The van der Waals surface area contributed by atoms with Crippen molar-refractivity contribution in [1.29, 1.82) is 0 Å². The van der Waals surface area contributed by atoms with E-state index in [1.54, 1.807) is 0 Å². The van der Waals surface area contributed by atoms with E-state index >= 15 is 0 Å². The molecule has 2 heterocycles. The van der Waals surface area contributed by atoms with Crippen molar-refractivity contribution in [2.24, 2.45) is 0 Å². The first kappa shape index (κ1) is 22.4. The molecule has 2 aromatic rings. The number of fused-ring (bicyclic) bond motifs is 1. The van der Waals surface area contributed by atoms with Gasteiger partial charge < -0.3 is 5.11 Å². The molecule has 0 saturated carbocycles. The van der Waals surface area contributed by atoms with E-state index in [0.717, 1.165) is 19.2 Å². The lowest BCUT2D eigenvalue weighted by atomic mass is 10.0. The number of rotatable bonds is 3. The zero-order valence-corrected chi connectivity index (χ0v) is 17.8. The van der Waals surface area contributed by atoms with Crippen molar-refractivity contribution in [1.82, 2.24) is 4.98 Å². The molecule has 0 atom stereocenters. The van der Waals surface area contributed by atoms with E-state index in [1.165, 1.54) is 18.3 Å². The molecule has 1 aliphatic heterocycles. The molecular weight excluding hydrogens is 469 g/mol. The highest BCUT2D eigenvalue weighted by molar-refractivity contribution is 8.00. The Bertz CT molecular complexity index is 1290. The van der Waals surface area contributed by atoms with E-state index < -0.39 is 64.3 Å². The quantitative estimate of drug-likeness (QED) is 0.718. The third-order valence-corrected chi connectivity index (χ3v) is 7.67. The van der Waals surface area contributed by atoms with Crippen molar-refractivity contribution in [3.05, 3.63) is 57.9 Å². The zero-order valence-electron chi connectivity index (χ0n) is 15.4. The molecule has 162 valence electrons. The second-order valence-corrected chi connectivity index (χ2v) is 10.8. The molecule has 0 bridgehead atoms. The molecule has 1 aliphatic rings. The highest BCUT2D eigenvalue weighted by Gasteiger charge is 2.44. The van der Waals surface area contributed by atoms with Crippen LogP contribution in [-0.4, -0.2) is 40.2 Å². The molecule has 0 fully saturated rings. The third kappa shape index (κ3) is 3.74. The van der Waals surface area contributed by atoms with Crippen LogP contribution in [0.3, 0.4) is 0 Å². The summed E-state index contributed by atoms with van der Waals surface area (Å²) < 4.78 is 92.0. The van der Waals surface area contributed by atoms with E-state index in [1.807, 2.05) is 0 Å². The van der Waals surface area contributed by atoms with E-state index in [4.69, 9.17) is 11.6 Å². The first-order valence-corrected chi connectivity index (χ1v) is 12.0. The Kier molecular flexibility index (Phi) is 5.32. The molecule has 7 nitrogen and oxygen atoms in total. The van der Waals surface area contributed by atoms with E-state index in [-0.39, 0.29) is 11.3 Å². The van der Waals surface area contributed by atoms with Crippen LogP contribution >= 0.6 is 11.6 Å². The molecule has 0 unspecified atom stereocenters. The number of benzene rings is 1. The van der Waals surface area contributed by atoms with Gasteiger partial charge in [-0.1, -0.05) is 23.7 Å². The lowest BCUT2D eigenvalue weighted by Crippen LogP contribution is -2.29. The Morgan fingerprint density at radius 2 is 1.87 bits per heavy atom. The summed E-state index contributed by atoms with van der Waals surface area (Å²) in [6.45, 7) is 0. The summed E-state index contributed by atoms with van der Waals surface area (Å²) in [6.07, 6.45) is -3.29. The number of aromatic nitrogens is 1. The largest absolute Gasteiger partial charge is 0.504 e. The Hall–Kier alpha value is -2.31. The average molecular weight is 483 g/mol. The summed E-state index contributed by atoms with van der Waals surface area (Å²) >= 11 is 5.89. The number of aliphatic hydroxyl groups is 1. The fourth-order valence-electron chi connectivity index (χ4n) is 3.11. The van der Waals surface area contributed by atoms with Crippen LogP contribution in [0.4, 0.5) is 18.9 Å². The molecule has 0 spiro atoms. The summed E-state index contributed by atoms with van der Waals surface area (Å²) in [5.41, 5.74) is -3.54. The third-order valence-electron chi connectivity index (χ3n) is 4.46. The van der Waals surface area contributed by atoms with Gasteiger partial charge >= 0.3 is 6.18 Å². The van der Waals surface area contributed by atoms with Crippen LogP contribution in [-0.2, 0) is 31.8 Å². The van der Waals surface area contributed by atoms with Gasteiger partial charge in [-0.3, -0.25) is 9.29 Å². The number of nitrogens with zero attached hydrogens (tertiary/aromatic N) is 2. The fourth-order valence-corrected chi connectivity index (χ4v) is 5.65. The second-order valence-electron chi connectivity index (χ2n) is 6.49. The maximum Gasteiger partial charge on any atom is 0.419 e. The van der Waals surface area contributed by atoms with E-state index in [0.29, 0.717) is 10.6 Å². The van der Waals surface area contributed by atoms with Gasteiger partial charge in [-0.15, -0.1) is 0 Å². The predicted molar refractivity (Wildman–Crippen MR) is 106 cm³/mol. The van der Waals surface area contributed by atoms with Gasteiger partial charge in [0.05, 0.1) is 28.3 Å². The highest BCUT2D eigenvalue weighted by atomic mass is 35.5. The lowest BCUT2D eigenvalue weighted by molar-refractivity contribution is -0.137. The molecule has 3 rings (SSSR count). The van der Waals surface area contributed by atoms with Crippen LogP contribution in [0.5, 0.6) is 0 Å². The van der Waals surface area contributed by atoms with Crippen molar-refractivity contribution in [3.63, 3.8) is 0 Å². The Morgan fingerprint density at radius 1 is 1.23 bits per heavy atom. The number of halogens is 4. The molecule has 0 aliphatic carbocycles. The minimum atomic E-state index is -5.21. The number of sulfone groups is 1. The number of hydrogen-bond acceptors (Lipinski definition) is 6. The summed E-state index contributed by atoms with van der Waals surface area (Å²) in [5.74, 6) is -1.65. The van der Waals surface area contributed by atoms with Crippen LogP contribution in [0.15, 0.2) is 30.5 Å². The Balaban J connectivity index is 2.49. The van der Waals surface area contributed by atoms with Crippen LogP contribution in [0, 0.1) is 0 Å². The van der Waals surface area contributed by atoms with Crippen LogP contribution in [0.1, 0.15) is 22.4 Å². The van der Waals surface area contributed by atoms with Crippen LogP contribution in [0.25, 0.3) is 10.7 Å². The molecule has 0 saturated heterocycles. The van der Waals surface area contributed by atoms with E-state index in [2.05, 4.69) is 4.98 Å². The SMILES string of the molecule is CN(c1c(Cl)ccc(C2=C(O)c3ncccc3CS2(=O)=O)c1C(F)(F)F)S(C)(=O)=O. The van der Waals surface area contributed by atoms with Crippen molar-refractivity contribution >= 4 is 47.8 Å². The Labute approximate surface area is 175 Å². The monoisotopic (exact) mass is 482 g/mol. The molecule has 0 amide bonds. The van der Waals surface area contributed by atoms with Gasteiger partial charge in [0.25, 0.3) is 0 Å². The molecule has 0 radical (unpaired) electrons. The van der Waals surface area contributed by atoms with Gasteiger partial charge in [-0.25, -0.2) is 16.8 Å². The summed E-state index contributed by atoms with van der Waals surface area (Å²) in [4.78, 5) is 2.86. The summed E-state index contributed by atoms with van der Waals surface area (Å²) in [5, 5.41) is 10.0. The lowest BCUT2D eigenvalue weighted by Gasteiger charge is -2.27. The van der Waals surface area contributed by atoms with Crippen LogP contribution < -0.4 is 4.31 Å². The maximum absolute atomic E-state index is 14.1. The molecule has 30 heavy (non-hydrogen) atoms. The normalized spacial score (nSPS) is 16.3. The number of hydrogen-bond donors (Lipinski definition) is 1. The van der Waals surface area contributed by atoms with Crippen molar-refractivity contribution in [2.45, 2.75) is 11.9 Å². The molecule has 1 aromatic heterocycles. The number of alkyl halides is 3. The van der Waals surface area contributed by atoms with Gasteiger partial charge in [0.2, 0.25) is 10.0 Å². The molecule has 1 N–H and O–H groups in total. The zero-order chi connectivity index (χ0) is 22.6. The summed E-state index contributed by atoms with van der Waals surface area (Å²) in [7, 11) is -7.77. The molecule has 1 aromatic carbocycles. The second kappa shape index (κ2) is 7.13. The molecular formula is C17H14ClF3N2O5S2. The minimum absolute atomic E-state index is 0.120. The predicted octanol–water partition coefficient (Wildman–Crippen LogP) is 3.46. The molecule has 13 heteroatoms. The van der Waals surface area contributed by atoms with Crippen molar-refractivity contribution < 1.29 is 35.1 Å². The first-order valence-electron chi connectivity index (χ1n) is 8.10. The van der Waals surface area contributed by atoms with Gasteiger partial charge in [0, 0.05) is 18.8 Å². The van der Waals surface area contributed by atoms with Gasteiger partial charge in [-0.2, -0.15) is 13.2 Å². The highest BCUT2D eigenvalue weighted by Crippen LogP contribution is 2.48. The average Bonchev–Trinajstić information content (AvgIpc) is 2.59. The van der Waals surface area contributed by atoms with Gasteiger partial charge in [0.1, 0.15) is 10.6 Å². The fraction of sp³-hybridized carbons (Fsp3) is 0.235. The first-order chi connectivity index (χ1) is 13.7. The number of pyridine rings is 1. The summed E-state index contributed by atoms with van der Waals surface area (Å²) in [6, 6.07) is 4.52. The van der Waals surface area contributed by atoms with Gasteiger partial charge in [0.15, 0.2) is 15.6 Å². The van der Waals surface area contributed by atoms with E-state index in [9.17, 15) is 35.1 Å². The smallest absolute Gasteiger partial charge is 0.419 e. The van der Waals surface area contributed by atoms with Crippen LogP contribution in [0.2, 0.25) is 5.02 Å². The van der Waals surface area contributed by atoms with Crippen molar-refractivity contribution in [2.75, 3.05) is 17.6 Å². The van der Waals surface area contributed by atoms with Gasteiger partial charge in [-0.05, 0) is 17.7 Å². The minimum Gasteiger partial charge on any atom is -0.504 e. The van der Waals surface area contributed by atoms with Crippen molar-refractivity contribution in [3.8, 4) is 0 Å². The number of sulfonamides is 1. The number of aliphatic hydroxyl groups excluding tert-OH is 1. The number of anilines is 1.